The highest BCUT2D eigenvalue weighted by atomic mass is 16.5. The second-order valence-electron chi connectivity index (χ2n) is 5.06. The third kappa shape index (κ3) is 3.64. The van der Waals surface area contributed by atoms with E-state index < -0.39 is 0 Å². The fourth-order valence-electron chi connectivity index (χ4n) is 2.25. The van der Waals surface area contributed by atoms with Crippen LogP contribution in [0.3, 0.4) is 0 Å². The van der Waals surface area contributed by atoms with Crippen LogP contribution in [0.1, 0.15) is 5.56 Å². The van der Waals surface area contributed by atoms with Gasteiger partial charge in [-0.05, 0) is 28.5 Å². The third-order valence-electron chi connectivity index (χ3n) is 3.42. The van der Waals surface area contributed by atoms with Gasteiger partial charge in [0.05, 0.1) is 0 Å². The Morgan fingerprint density at radius 3 is 2.41 bits per heavy atom. The predicted octanol–water partition coefficient (Wildman–Crippen LogP) is 3.54. The van der Waals surface area contributed by atoms with Crippen LogP contribution in [0, 0.1) is 0 Å². The lowest BCUT2D eigenvalue weighted by Crippen LogP contribution is -2.28. The molecule has 0 heterocycles. The van der Waals surface area contributed by atoms with Crippen molar-refractivity contribution in [3.8, 4) is 5.75 Å². The van der Waals surface area contributed by atoms with Gasteiger partial charge in [-0.1, -0.05) is 60.7 Å². The Labute approximate surface area is 129 Å². The summed E-state index contributed by atoms with van der Waals surface area (Å²) in [5.41, 5.74) is 1.07. The van der Waals surface area contributed by atoms with E-state index >= 15 is 0 Å². The third-order valence-corrected chi connectivity index (χ3v) is 3.42. The minimum Gasteiger partial charge on any atom is -0.484 e. The molecule has 0 spiro atoms. The molecule has 1 amide bonds. The van der Waals surface area contributed by atoms with E-state index in [0.29, 0.717) is 12.3 Å². The van der Waals surface area contributed by atoms with Crippen LogP contribution in [-0.2, 0) is 11.3 Å². The Balaban J connectivity index is 1.53. The molecule has 3 aromatic rings. The van der Waals surface area contributed by atoms with Gasteiger partial charge >= 0.3 is 0 Å². The minimum absolute atomic E-state index is 0.0190. The Morgan fingerprint density at radius 2 is 1.59 bits per heavy atom. The molecule has 110 valence electrons. The van der Waals surface area contributed by atoms with Crippen molar-refractivity contribution in [3.05, 3.63) is 78.4 Å². The van der Waals surface area contributed by atoms with Crippen molar-refractivity contribution in [2.45, 2.75) is 6.54 Å². The molecule has 3 heteroatoms. The van der Waals surface area contributed by atoms with Gasteiger partial charge in [0.15, 0.2) is 6.61 Å². The lowest BCUT2D eigenvalue weighted by Gasteiger charge is -2.08. The summed E-state index contributed by atoms with van der Waals surface area (Å²) in [4.78, 5) is 11.8. The quantitative estimate of drug-likeness (QED) is 0.781. The van der Waals surface area contributed by atoms with Crippen LogP contribution in [0.25, 0.3) is 10.8 Å². The number of nitrogens with one attached hydrogen (secondary N) is 1. The Bertz CT molecular complexity index is 769. The monoisotopic (exact) mass is 291 g/mol. The standard InChI is InChI=1S/C19H17NO2/c21-19(20-13-15-6-2-1-3-7-15)14-22-18-11-10-16-8-4-5-9-17(16)12-18/h1-12H,13-14H2,(H,20,21). The molecule has 0 aliphatic carbocycles. The van der Waals surface area contributed by atoms with Gasteiger partial charge in [-0.25, -0.2) is 0 Å². The highest BCUT2D eigenvalue weighted by Gasteiger charge is 2.03. The van der Waals surface area contributed by atoms with Crippen molar-refractivity contribution in [1.82, 2.24) is 5.32 Å². The molecule has 0 aromatic heterocycles. The summed E-state index contributed by atoms with van der Waals surface area (Å²) in [5.74, 6) is 0.575. The minimum atomic E-state index is -0.128. The number of rotatable bonds is 5. The average molecular weight is 291 g/mol. The number of amides is 1. The molecule has 0 bridgehead atoms. The largest absolute Gasteiger partial charge is 0.484 e. The number of hydrogen-bond acceptors (Lipinski definition) is 2. The van der Waals surface area contributed by atoms with E-state index in [2.05, 4.69) is 5.32 Å². The fraction of sp³-hybridized carbons (Fsp3) is 0.105. The molecule has 0 aliphatic heterocycles. The number of ether oxygens (including phenoxy) is 1. The lowest BCUT2D eigenvalue weighted by molar-refractivity contribution is -0.123. The molecule has 0 fully saturated rings. The summed E-state index contributed by atoms with van der Waals surface area (Å²) < 4.78 is 5.55. The van der Waals surface area contributed by atoms with Gasteiger partial charge in [0.1, 0.15) is 5.75 Å². The summed E-state index contributed by atoms with van der Waals surface area (Å²) >= 11 is 0. The number of benzene rings is 3. The molecule has 3 aromatic carbocycles. The first kappa shape index (κ1) is 14.1. The van der Waals surface area contributed by atoms with Crippen molar-refractivity contribution in [3.63, 3.8) is 0 Å². The van der Waals surface area contributed by atoms with Gasteiger partial charge in [0, 0.05) is 6.54 Å². The summed E-state index contributed by atoms with van der Waals surface area (Å²) in [6.45, 7) is 0.534. The molecule has 0 atom stereocenters. The number of carbonyl (C=O) groups is 1. The van der Waals surface area contributed by atoms with E-state index in [4.69, 9.17) is 4.74 Å². The molecule has 0 saturated heterocycles. The Kier molecular flexibility index (Phi) is 4.35. The highest BCUT2D eigenvalue weighted by Crippen LogP contribution is 2.20. The maximum atomic E-state index is 11.8. The summed E-state index contributed by atoms with van der Waals surface area (Å²) in [7, 11) is 0. The van der Waals surface area contributed by atoms with Crippen LogP contribution in [0.4, 0.5) is 0 Å². The first-order chi connectivity index (χ1) is 10.8. The maximum Gasteiger partial charge on any atom is 0.258 e. The Morgan fingerprint density at radius 1 is 0.864 bits per heavy atom. The van der Waals surface area contributed by atoms with Gasteiger partial charge in [-0.2, -0.15) is 0 Å². The molecular formula is C19H17NO2. The molecule has 0 aliphatic rings. The van der Waals surface area contributed by atoms with Crippen molar-refractivity contribution in [2.75, 3.05) is 6.61 Å². The average Bonchev–Trinajstić information content (AvgIpc) is 2.59. The van der Waals surface area contributed by atoms with Gasteiger partial charge in [-0.15, -0.1) is 0 Å². The van der Waals surface area contributed by atoms with Crippen molar-refractivity contribution < 1.29 is 9.53 Å². The predicted molar refractivity (Wildman–Crippen MR) is 87.7 cm³/mol. The second kappa shape index (κ2) is 6.76. The molecule has 0 radical (unpaired) electrons. The lowest BCUT2D eigenvalue weighted by atomic mass is 10.1. The Hall–Kier alpha value is -2.81. The molecule has 0 unspecified atom stereocenters. The highest BCUT2D eigenvalue weighted by molar-refractivity contribution is 5.84. The van der Waals surface area contributed by atoms with Gasteiger partial charge < -0.3 is 10.1 Å². The second-order valence-corrected chi connectivity index (χ2v) is 5.06. The first-order valence-electron chi connectivity index (χ1n) is 7.23. The van der Waals surface area contributed by atoms with E-state index in [1.54, 1.807) is 0 Å². The van der Waals surface area contributed by atoms with Crippen molar-refractivity contribution in [1.29, 1.82) is 0 Å². The molecule has 22 heavy (non-hydrogen) atoms. The smallest absolute Gasteiger partial charge is 0.258 e. The normalized spacial score (nSPS) is 10.4. The van der Waals surface area contributed by atoms with Gasteiger partial charge in [0.25, 0.3) is 5.91 Å². The van der Waals surface area contributed by atoms with Crippen LogP contribution in [-0.4, -0.2) is 12.5 Å². The molecule has 3 rings (SSSR count). The van der Waals surface area contributed by atoms with E-state index in [0.717, 1.165) is 16.3 Å². The fourth-order valence-corrected chi connectivity index (χ4v) is 2.25. The molecule has 3 nitrogen and oxygen atoms in total. The SMILES string of the molecule is O=C(COc1ccc2ccccc2c1)NCc1ccccc1. The van der Waals surface area contributed by atoms with Crippen LogP contribution >= 0.6 is 0 Å². The summed E-state index contributed by atoms with van der Waals surface area (Å²) in [6, 6.07) is 23.7. The zero-order chi connectivity index (χ0) is 15.2. The van der Waals surface area contributed by atoms with Crippen LogP contribution < -0.4 is 10.1 Å². The topological polar surface area (TPSA) is 38.3 Å². The molecular weight excluding hydrogens is 274 g/mol. The zero-order valence-corrected chi connectivity index (χ0v) is 12.2. The first-order valence-corrected chi connectivity index (χ1v) is 7.23. The van der Waals surface area contributed by atoms with Gasteiger partial charge in [0.2, 0.25) is 0 Å². The summed E-state index contributed by atoms with van der Waals surface area (Å²) in [5, 5.41) is 5.10. The van der Waals surface area contributed by atoms with Crippen LogP contribution in [0.2, 0.25) is 0 Å². The molecule has 1 N–H and O–H groups in total. The van der Waals surface area contributed by atoms with E-state index in [1.807, 2.05) is 72.8 Å². The number of carbonyl (C=O) groups excluding carboxylic acids is 1. The van der Waals surface area contributed by atoms with E-state index in [9.17, 15) is 4.79 Å². The van der Waals surface area contributed by atoms with Crippen molar-refractivity contribution >= 4 is 16.7 Å². The summed E-state index contributed by atoms with van der Waals surface area (Å²) in [6.07, 6.45) is 0. The maximum absolute atomic E-state index is 11.8. The van der Waals surface area contributed by atoms with Crippen molar-refractivity contribution in [2.24, 2.45) is 0 Å². The zero-order valence-electron chi connectivity index (χ0n) is 12.2. The van der Waals surface area contributed by atoms with Crippen LogP contribution in [0.15, 0.2) is 72.8 Å². The number of hydrogen-bond donors (Lipinski definition) is 1. The van der Waals surface area contributed by atoms with Crippen LogP contribution in [0.5, 0.6) is 5.75 Å². The number of fused-ring (bicyclic) bond motifs is 1. The van der Waals surface area contributed by atoms with Gasteiger partial charge in [-0.3, -0.25) is 4.79 Å². The van der Waals surface area contributed by atoms with E-state index in [-0.39, 0.29) is 12.5 Å². The molecule has 0 saturated carbocycles. The van der Waals surface area contributed by atoms with E-state index in [1.165, 1.54) is 0 Å².